The van der Waals surface area contributed by atoms with Gasteiger partial charge in [-0.3, -0.25) is 25.0 Å². The van der Waals surface area contributed by atoms with Crippen LogP contribution in [0.15, 0.2) is 59.3 Å². The van der Waals surface area contributed by atoms with Crippen LogP contribution in [0, 0.1) is 5.92 Å². The summed E-state index contributed by atoms with van der Waals surface area (Å²) >= 11 is 0. The summed E-state index contributed by atoms with van der Waals surface area (Å²) in [5.74, 6) is 0.394. The van der Waals surface area contributed by atoms with E-state index in [9.17, 15) is 9.59 Å². The third-order valence-electron chi connectivity index (χ3n) is 5.88. The first-order valence-corrected chi connectivity index (χ1v) is 11.2. The van der Waals surface area contributed by atoms with Gasteiger partial charge in [0.2, 0.25) is 5.91 Å². The lowest BCUT2D eigenvalue weighted by molar-refractivity contribution is -0.123. The Morgan fingerprint density at radius 3 is 2.50 bits per heavy atom. The predicted octanol–water partition coefficient (Wildman–Crippen LogP) is 3.47. The molecule has 1 aromatic carbocycles. The minimum atomic E-state index is -0.273. The molecule has 1 fully saturated rings. The summed E-state index contributed by atoms with van der Waals surface area (Å²) in [6, 6.07) is 7.68. The standard InChI is InChI=1S/C25H33N5O2/c1-4-5-7-22-8-6-9-23(30(22)28-18(2)27-3)19-10-12-21(13-11-19)25(32)29-16-14-20(15-17-29)24(26)31/h6-13,20H,4-5,14-17H2,1-3H3,(H2,26,31)(H,27,28)/b22-7+. The molecule has 0 spiro atoms. The number of carbonyl (C=O) groups is 2. The zero-order valence-corrected chi connectivity index (χ0v) is 19.2. The molecule has 3 N–H and O–H groups in total. The smallest absolute Gasteiger partial charge is 0.253 e. The van der Waals surface area contributed by atoms with E-state index in [0.717, 1.165) is 35.6 Å². The van der Waals surface area contributed by atoms with Crippen LogP contribution < -0.4 is 11.2 Å². The van der Waals surface area contributed by atoms with Gasteiger partial charge in [0.1, 0.15) is 5.84 Å². The summed E-state index contributed by atoms with van der Waals surface area (Å²) in [4.78, 5) is 30.3. The van der Waals surface area contributed by atoms with Gasteiger partial charge in [-0.2, -0.15) is 0 Å². The molecule has 0 atom stereocenters. The third kappa shape index (κ3) is 5.46. The molecule has 0 aliphatic carbocycles. The number of nitrogens with zero attached hydrogens (tertiary/aromatic N) is 3. The second kappa shape index (κ2) is 10.8. The first-order valence-electron chi connectivity index (χ1n) is 11.2. The topological polar surface area (TPSA) is 91.0 Å². The van der Waals surface area contributed by atoms with Crippen molar-refractivity contribution in [3.05, 3.63) is 65.4 Å². The number of aliphatic imine (C=N–C) groups is 1. The molecule has 1 aromatic rings. The average Bonchev–Trinajstić information content (AvgIpc) is 2.83. The van der Waals surface area contributed by atoms with E-state index in [1.165, 1.54) is 0 Å². The molecule has 0 radical (unpaired) electrons. The second-order valence-corrected chi connectivity index (χ2v) is 8.13. The van der Waals surface area contributed by atoms with Crippen molar-refractivity contribution in [3.8, 4) is 0 Å². The van der Waals surface area contributed by atoms with Crippen molar-refractivity contribution in [1.29, 1.82) is 0 Å². The third-order valence-corrected chi connectivity index (χ3v) is 5.88. The number of nitrogens with one attached hydrogen (secondary N) is 1. The van der Waals surface area contributed by atoms with Crippen molar-refractivity contribution in [1.82, 2.24) is 15.3 Å². The van der Waals surface area contributed by atoms with E-state index >= 15 is 0 Å². The zero-order valence-electron chi connectivity index (χ0n) is 19.2. The number of amides is 2. The molecule has 7 heteroatoms. The number of hydrogen-bond acceptors (Lipinski definition) is 4. The summed E-state index contributed by atoms with van der Waals surface area (Å²) < 4.78 is 0. The Labute approximate surface area is 190 Å². The Morgan fingerprint density at radius 1 is 1.22 bits per heavy atom. The lowest BCUT2D eigenvalue weighted by Gasteiger charge is -2.32. The Morgan fingerprint density at radius 2 is 1.91 bits per heavy atom. The zero-order chi connectivity index (χ0) is 23.1. The fraction of sp³-hybridized carbons (Fsp3) is 0.400. The van der Waals surface area contributed by atoms with Crippen LogP contribution in [0.25, 0.3) is 5.70 Å². The quantitative estimate of drug-likeness (QED) is 0.529. The van der Waals surface area contributed by atoms with E-state index in [1.807, 2.05) is 48.4 Å². The molecule has 2 aliphatic rings. The number of primary amides is 1. The SMILES string of the molecule is CCC/C=C1\C=CC=C(c2ccc(C(=O)N3CCC(C(N)=O)CC3)cc2)N1NC(C)=NC. The monoisotopic (exact) mass is 435 g/mol. The fourth-order valence-corrected chi connectivity index (χ4v) is 3.87. The lowest BCUT2D eigenvalue weighted by Crippen LogP contribution is -2.41. The second-order valence-electron chi connectivity index (χ2n) is 8.13. The maximum absolute atomic E-state index is 12.9. The summed E-state index contributed by atoms with van der Waals surface area (Å²) in [6.45, 7) is 5.20. The first-order chi connectivity index (χ1) is 15.4. The molecular weight excluding hydrogens is 402 g/mol. The van der Waals surface area contributed by atoms with Crippen LogP contribution in [0.1, 0.15) is 55.5 Å². The van der Waals surface area contributed by atoms with Gasteiger partial charge in [-0.15, -0.1) is 0 Å². The molecule has 1 saturated heterocycles. The number of piperidine rings is 1. The maximum Gasteiger partial charge on any atom is 0.253 e. The fourth-order valence-electron chi connectivity index (χ4n) is 3.87. The van der Waals surface area contributed by atoms with E-state index < -0.39 is 0 Å². The summed E-state index contributed by atoms with van der Waals surface area (Å²) in [6.07, 6.45) is 11.7. The van der Waals surface area contributed by atoms with Gasteiger partial charge in [-0.25, -0.2) is 0 Å². The normalized spacial score (nSPS) is 18.7. The van der Waals surface area contributed by atoms with Crippen molar-refractivity contribution >= 4 is 23.3 Å². The summed E-state index contributed by atoms with van der Waals surface area (Å²) in [5.41, 5.74) is 12.4. The van der Waals surface area contributed by atoms with Gasteiger partial charge in [-0.1, -0.05) is 37.6 Å². The minimum absolute atomic E-state index is 0.00976. The van der Waals surface area contributed by atoms with Crippen molar-refractivity contribution in [2.75, 3.05) is 20.1 Å². The number of amidine groups is 1. The molecule has 170 valence electrons. The molecule has 2 aliphatic heterocycles. The molecule has 0 saturated carbocycles. The molecule has 2 amide bonds. The number of nitrogens with two attached hydrogens (primary N) is 1. The Hall–Kier alpha value is -3.35. The largest absolute Gasteiger partial charge is 0.369 e. The Balaban J connectivity index is 1.77. The van der Waals surface area contributed by atoms with Crippen molar-refractivity contribution < 1.29 is 9.59 Å². The van der Waals surface area contributed by atoms with E-state index in [1.54, 1.807) is 11.9 Å². The van der Waals surface area contributed by atoms with Crippen molar-refractivity contribution in [3.63, 3.8) is 0 Å². The lowest BCUT2D eigenvalue weighted by atomic mass is 9.95. The van der Waals surface area contributed by atoms with Gasteiger partial charge >= 0.3 is 0 Å². The van der Waals surface area contributed by atoms with Gasteiger partial charge in [0.15, 0.2) is 0 Å². The van der Waals surface area contributed by atoms with Crippen molar-refractivity contribution in [2.45, 2.75) is 39.5 Å². The van der Waals surface area contributed by atoms with Crippen LogP contribution in [0.5, 0.6) is 0 Å². The van der Waals surface area contributed by atoms with Crippen molar-refractivity contribution in [2.24, 2.45) is 16.6 Å². The van der Waals surface area contributed by atoms with E-state index in [-0.39, 0.29) is 17.7 Å². The number of hydrazine groups is 1. The number of carbonyl (C=O) groups excluding carboxylic acids is 2. The number of allylic oxidation sites excluding steroid dienone is 4. The first kappa shape index (κ1) is 23.3. The molecule has 7 nitrogen and oxygen atoms in total. The number of hydrogen-bond donors (Lipinski definition) is 2. The predicted molar refractivity (Wildman–Crippen MR) is 128 cm³/mol. The van der Waals surface area contributed by atoms with Gasteiger partial charge in [-0.05, 0) is 50.5 Å². The van der Waals surface area contributed by atoms with E-state index in [4.69, 9.17) is 5.73 Å². The molecule has 2 heterocycles. The van der Waals surface area contributed by atoms with E-state index in [2.05, 4.69) is 29.5 Å². The molecule has 32 heavy (non-hydrogen) atoms. The van der Waals surface area contributed by atoms with Crippen LogP contribution in [-0.4, -0.2) is 47.7 Å². The highest BCUT2D eigenvalue weighted by atomic mass is 16.2. The Kier molecular flexibility index (Phi) is 7.87. The highest BCUT2D eigenvalue weighted by Crippen LogP contribution is 2.27. The molecule has 0 aromatic heterocycles. The van der Waals surface area contributed by atoms with Gasteiger partial charge in [0.05, 0.1) is 11.4 Å². The molecule has 0 bridgehead atoms. The summed E-state index contributed by atoms with van der Waals surface area (Å²) in [7, 11) is 1.76. The highest BCUT2D eigenvalue weighted by molar-refractivity contribution is 5.95. The molecule has 0 unspecified atom stereocenters. The number of benzene rings is 1. The number of unbranched alkanes of at least 4 members (excludes halogenated alkanes) is 1. The average molecular weight is 436 g/mol. The number of likely N-dealkylation sites (tertiary alicyclic amines) is 1. The van der Waals surface area contributed by atoms with Gasteiger partial charge in [0, 0.05) is 37.2 Å². The highest BCUT2D eigenvalue weighted by Gasteiger charge is 2.26. The minimum Gasteiger partial charge on any atom is -0.369 e. The van der Waals surface area contributed by atoms with Gasteiger partial charge in [0.25, 0.3) is 5.91 Å². The van der Waals surface area contributed by atoms with Crippen LogP contribution in [0.3, 0.4) is 0 Å². The summed E-state index contributed by atoms with van der Waals surface area (Å²) in [5, 5.41) is 2.03. The molecule has 3 rings (SSSR count). The van der Waals surface area contributed by atoms with Crippen LogP contribution in [-0.2, 0) is 4.79 Å². The van der Waals surface area contributed by atoms with Crippen LogP contribution in [0.2, 0.25) is 0 Å². The molecular formula is C25H33N5O2. The van der Waals surface area contributed by atoms with Gasteiger partial charge < -0.3 is 10.6 Å². The van der Waals surface area contributed by atoms with Crippen LogP contribution in [0.4, 0.5) is 0 Å². The maximum atomic E-state index is 12.9. The van der Waals surface area contributed by atoms with Crippen LogP contribution >= 0.6 is 0 Å². The Bertz CT molecular complexity index is 951. The van der Waals surface area contributed by atoms with E-state index in [0.29, 0.717) is 31.5 Å². The number of rotatable bonds is 6.